The number of rotatable bonds is 4. The number of hydrogen-bond acceptors (Lipinski definition) is 5. The summed E-state index contributed by atoms with van der Waals surface area (Å²) >= 11 is 1.26. The van der Waals surface area contributed by atoms with Crippen molar-refractivity contribution in [1.29, 1.82) is 5.26 Å². The minimum absolute atomic E-state index is 0.152. The number of fused-ring (bicyclic) bond motifs is 1. The number of alkyl halides is 3. The lowest BCUT2D eigenvalue weighted by Gasteiger charge is -2.20. The molecule has 3 heterocycles. The van der Waals surface area contributed by atoms with Gasteiger partial charge in [0.1, 0.15) is 23.3 Å². The summed E-state index contributed by atoms with van der Waals surface area (Å²) in [6.07, 6.45) is -2.29. The molecule has 0 aliphatic heterocycles. The number of carbonyl (C=O) groups excluding carboxylic acids is 1. The van der Waals surface area contributed by atoms with Crippen LogP contribution in [0.5, 0.6) is 0 Å². The van der Waals surface area contributed by atoms with Crippen molar-refractivity contribution in [3.63, 3.8) is 0 Å². The molecule has 1 aliphatic carbocycles. The number of thiophene rings is 1. The van der Waals surface area contributed by atoms with Gasteiger partial charge in [-0.3, -0.25) is 9.20 Å². The highest BCUT2D eigenvalue weighted by molar-refractivity contribution is 7.11. The molecule has 28 heavy (non-hydrogen) atoms. The van der Waals surface area contributed by atoms with Crippen LogP contribution in [0.25, 0.3) is 16.9 Å². The van der Waals surface area contributed by atoms with Gasteiger partial charge >= 0.3 is 6.18 Å². The van der Waals surface area contributed by atoms with E-state index in [-0.39, 0.29) is 11.3 Å². The molecule has 0 bridgehead atoms. The first kappa shape index (κ1) is 18.4. The van der Waals surface area contributed by atoms with Crippen molar-refractivity contribution >= 4 is 22.9 Å². The maximum atomic E-state index is 13.2. The number of aryl methyl sites for hydroxylation is 1. The first-order chi connectivity index (χ1) is 13.3. The minimum atomic E-state index is -4.51. The molecular weight excluding hydrogens is 391 g/mol. The number of amides is 1. The number of nitrogens with zero attached hydrogens (tertiary/aromatic N) is 4. The summed E-state index contributed by atoms with van der Waals surface area (Å²) in [7, 11) is 0. The van der Waals surface area contributed by atoms with E-state index in [0.717, 1.165) is 0 Å². The predicted molar refractivity (Wildman–Crippen MR) is 95.8 cm³/mol. The van der Waals surface area contributed by atoms with Gasteiger partial charge in [-0.2, -0.15) is 18.4 Å². The number of halogens is 3. The molecule has 6 nitrogen and oxygen atoms in total. The fraction of sp³-hybridized carbons (Fsp3) is 0.333. The van der Waals surface area contributed by atoms with Gasteiger partial charge in [0.25, 0.3) is 5.91 Å². The third kappa shape index (κ3) is 3.22. The van der Waals surface area contributed by atoms with E-state index >= 15 is 0 Å². The molecule has 1 N–H and O–H groups in total. The first-order valence-electron chi connectivity index (χ1n) is 8.50. The van der Waals surface area contributed by atoms with Gasteiger partial charge in [0.2, 0.25) is 0 Å². The van der Waals surface area contributed by atoms with Crippen LogP contribution in [0.1, 0.15) is 33.9 Å². The molecule has 1 saturated carbocycles. The Kier molecular flexibility index (Phi) is 4.34. The summed E-state index contributed by atoms with van der Waals surface area (Å²) in [6.45, 7) is 1.77. The van der Waals surface area contributed by atoms with E-state index in [1.54, 1.807) is 24.4 Å². The minimum Gasteiger partial charge on any atom is -0.339 e. The van der Waals surface area contributed by atoms with Gasteiger partial charge in [0, 0.05) is 11.3 Å². The molecule has 1 aliphatic rings. The average molecular weight is 405 g/mol. The van der Waals surface area contributed by atoms with Crippen LogP contribution in [0, 0.1) is 24.2 Å². The fourth-order valence-electron chi connectivity index (χ4n) is 3.12. The van der Waals surface area contributed by atoms with Crippen molar-refractivity contribution in [1.82, 2.24) is 19.7 Å². The van der Waals surface area contributed by atoms with E-state index in [0.29, 0.717) is 34.7 Å². The summed E-state index contributed by atoms with van der Waals surface area (Å²) < 4.78 is 41.3. The van der Waals surface area contributed by atoms with Crippen LogP contribution in [0.15, 0.2) is 23.8 Å². The van der Waals surface area contributed by atoms with Crippen LogP contribution in [0.2, 0.25) is 0 Å². The maximum absolute atomic E-state index is 13.2. The second-order valence-electron chi connectivity index (χ2n) is 6.67. The molecule has 4 rings (SSSR count). The SMILES string of the molecule is Cc1cc(-c2ccsc2C#N)nc2c(C(=O)NC(C3CC3)C(F)(F)F)ncn12. The quantitative estimate of drug-likeness (QED) is 0.717. The van der Waals surface area contributed by atoms with Gasteiger partial charge in [0.15, 0.2) is 11.3 Å². The van der Waals surface area contributed by atoms with E-state index < -0.39 is 24.0 Å². The Balaban J connectivity index is 1.74. The van der Waals surface area contributed by atoms with Gasteiger partial charge in [-0.1, -0.05) is 0 Å². The Bertz CT molecular complexity index is 1110. The zero-order valence-electron chi connectivity index (χ0n) is 14.6. The molecule has 0 spiro atoms. The zero-order valence-corrected chi connectivity index (χ0v) is 15.4. The van der Waals surface area contributed by atoms with Gasteiger partial charge < -0.3 is 5.32 Å². The molecule has 1 amide bonds. The number of hydrogen-bond donors (Lipinski definition) is 1. The Hall–Kier alpha value is -2.93. The molecule has 0 saturated heterocycles. The van der Waals surface area contributed by atoms with Crippen molar-refractivity contribution in [2.45, 2.75) is 32.0 Å². The van der Waals surface area contributed by atoms with E-state index in [2.05, 4.69) is 21.4 Å². The lowest BCUT2D eigenvalue weighted by Crippen LogP contribution is -2.47. The van der Waals surface area contributed by atoms with Crippen LogP contribution in [-0.2, 0) is 0 Å². The van der Waals surface area contributed by atoms with Crippen LogP contribution in [0.4, 0.5) is 13.2 Å². The van der Waals surface area contributed by atoms with E-state index in [9.17, 15) is 23.2 Å². The summed E-state index contributed by atoms with van der Waals surface area (Å²) in [6, 6.07) is 3.68. The molecular formula is C18H14F3N5OS. The van der Waals surface area contributed by atoms with Crippen molar-refractivity contribution in [3.05, 3.63) is 40.1 Å². The molecule has 1 atom stereocenters. The highest BCUT2D eigenvalue weighted by Crippen LogP contribution is 2.40. The number of aromatic nitrogens is 3. The van der Waals surface area contributed by atoms with Crippen molar-refractivity contribution in [2.24, 2.45) is 5.92 Å². The smallest absolute Gasteiger partial charge is 0.339 e. The molecule has 3 aromatic heterocycles. The maximum Gasteiger partial charge on any atom is 0.408 e. The fourth-order valence-corrected chi connectivity index (χ4v) is 3.81. The summed E-state index contributed by atoms with van der Waals surface area (Å²) in [5, 5.41) is 13.1. The molecule has 0 radical (unpaired) electrons. The Morgan fingerprint density at radius 3 is 2.86 bits per heavy atom. The van der Waals surface area contributed by atoms with Crippen LogP contribution in [0.3, 0.4) is 0 Å². The highest BCUT2D eigenvalue weighted by Gasteiger charge is 2.50. The Labute approximate surface area is 161 Å². The largest absolute Gasteiger partial charge is 0.408 e. The monoisotopic (exact) mass is 405 g/mol. The molecule has 1 fully saturated rings. The Morgan fingerprint density at radius 1 is 1.46 bits per heavy atom. The van der Waals surface area contributed by atoms with E-state index in [1.807, 2.05) is 0 Å². The van der Waals surface area contributed by atoms with E-state index in [1.165, 1.54) is 22.1 Å². The van der Waals surface area contributed by atoms with Crippen LogP contribution in [-0.4, -0.2) is 32.5 Å². The van der Waals surface area contributed by atoms with Gasteiger partial charge in [0.05, 0.1) is 5.69 Å². The highest BCUT2D eigenvalue weighted by atomic mass is 32.1. The number of nitrogens with one attached hydrogen (secondary N) is 1. The zero-order chi connectivity index (χ0) is 20.1. The lowest BCUT2D eigenvalue weighted by atomic mass is 10.1. The summed E-state index contributed by atoms with van der Waals surface area (Å²) in [5.41, 5.74) is 1.74. The number of carbonyl (C=O) groups is 1. The standard InChI is InChI=1S/C18H14F3N5OS/c1-9-6-12(11-4-5-28-13(11)7-22)24-16-14(23-8-26(9)16)17(27)25-15(10-2-3-10)18(19,20)21/h4-6,8,10,15H,2-3H2,1H3,(H,25,27). The lowest BCUT2D eigenvalue weighted by molar-refractivity contribution is -0.158. The van der Waals surface area contributed by atoms with Crippen molar-refractivity contribution in [3.8, 4) is 17.3 Å². The van der Waals surface area contributed by atoms with Crippen molar-refractivity contribution in [2.75, 3.05) is 0 Å². The topological polar surface area (TPSA) is 83.1 Å². The van der Waals surface area contributed by atoms with Gasteiger partial charge in [-0.25, -0.2) is 9.97 Å². The molecule has 0 aromatic carbocycles. The third-order valence-corrected chi connectivity index (χ3v) is 5.50. The average Bonchev–Trinajstić information content (AvgIpc) is 3.18. The van der Waals surface area contributed by atoms with E-state index in [4.69, 9.17) is 0 Å². The summed E-state index contributed by atoms with van der Waals surface area (Å²) in [4.78, 5) is 21.4. The third-order valence-electron chi connectivity index (χ3n) is 4.68. The van der Waals surface area contributed by atoms with Crippen LogP contribution < -0.4 is 5.32 Å². The molecule has 1 unspecified atom stereocenters. The molecule has 10 heteroatoms. The number of imidazole rings is 1. The predicted octanol–water partition coefficient (Wildman–Crippen LogP) is 3.71. The van der Waals surface area contributed by atoms with Gasteiger partial charge in [-0.15, -0.1) is 11.3 Å². The molecule has 3 aromatic rings. The summed E-state index contributed by atoms with van der Waals surface area (Å²) in [5.74, 6) is -1.50. The van der Waals surface area contributed by atoms with Gasteiger partial charge in [-0.05, 0) is 43.2 Å². The Morgan fingerprint density at radius 2 is 2.21 bits per heavy atom. The van der Waals surface area contributed by atoms with Crippen molar-refractivity contribution < 1.29 is 18.0 Å². The second-order valence-corrected chi connectivity index (χ2v) is 7.59. The number of nitriles is 1. The first-order valence-corrected chi connectivity index (χ1v) is 9.38. The second kappa shape index (κ2) is 6.60. The van der Waals surface area contributed by atoms with Crippen LogP contribution >= 0.6 is 11.3 Å². The molecule has 144 valence electrons. The normalized spacial score (nSPS) is 15.4.